The monoisotopic (exact) mass is 325 g/mol. The number of hydrogen-bond acceptors (Lipinski definition) is 7. The molecule has 2 aromatic heterocycles. The number of anilines is 2. The molecule has 0 aliphatic carbocycles. The molecule has 0 bridgehead atoms. The highest BCUT2D eigenvalue weighted by molar-refractivity contribution is 5.97. The minimum Gasteiger partial charge on any atom is -0.497 e. The Labute approximate surface area is 139 Å². The molecule has 2 heterocycles. The zero-order chi connectivity index (χ0) is 17.3. The average Bonchev–Trinajstić information content (AvgIpc) is 2.90. The van der Waals surface area contributed by atoms with Crippen LogP contribution in [0, 0.1) is 0 Å². The molecule has 0 aliphatic heterocycles. The lowest BCUT2D eigenvalue weighted by Crippen LogP contribution is -2.14. The van der Waals surface area contributed by atoms with Crippen molar-refractivity contribution in [2.45, 2.75) is 0 Å². The van der Waals surface area contributed by atoms with Gasteiger partial charge in [0.25, 0.3) is 0 Å². The van der Waals surface area contributed by atoms with Crippen LogP contribution in [0.25, 0.3) is 11.0 Å². The predicted molar refractivity (Wildman–Crippen MR) is 95.3 cm³/mol. The van der Waals surface area contributed by atoms with Crippen molar-refractivity contribution in [1.82, 2.24) is 19.7 Å². The molecule has 0 spiro atoms. The number of aryl methyl sites for hydroxylation is 1. The number of ether oxygens (including phenoxy) is 1. The number of nitrogen functional groups attached to an aromatic ring is 1. The highest BCUT2D eigenvalue weighted by atomic mass is 16.5. The summed E-state index contributed by atoms with van der Waals surface area (Å²) in [6, 6.07) is 7.58. The summed E-state index contributed by atoms with van der Waals surface area (Å²) in [6.45, 7) is 0. The Bertz CT molecular complexity index is 897. The molecule has 8 heteroatoms. The third-order valence-corrected chi connectivity index (χ3v) is 3.53. The molecule has 3 rings (SSSR count). The van der Waals surface area contributed by atoms with Gasteiger partial charge in [-0.1, -0.05) is 0 Å². The molecule has 0 unspecified atom stereocenters. The number of fused-ring (bicyclic) bond motifs is 1. The number of nitrogens with zero attached hydrogens (tertiary/aromatic N) is 6. The number of methoxy groups -OCH3 is 1. The van der Waals surface area contributed by atoms with Crippen molar-refractivity contribution in [3.8, 4) is 5.75 Å². The molecule has 0 saturated heterocycles. The standard InChI is InChI=1S/C16H19N7O/c1-22(2)16-19-13(17)12-14(21-23(3)15(12)20-16)18-9-10-5-7-11(24-4)8-6-10/h5-9H,1-4H3,(H2,17,19,20). The van der Waals surface area contributed by atoms with E-state index in [0.717, 1.165) is 11.3 Å². The summed E-state index contributed by atoms with van der Waals surface area (Å²) in [5.74, 6) is 2.18. The molecular formula is C16H19N7O. The number of nitrogens with two attached hydrogens (primary N) is 1. The van der Waals surface area contributed by atoms with Crippen LogP contribution in [-0.2, 0) is 7.05 Å². The zero-order valence-corrected chi connectivity index (χ0v) is 14.1. The predicted octanol–water partition coefficient (Wildman–Crippen LogP) is 1.77. The molecule has 0 amide bonds. The normalized spacial score (nSPS) is 11.3. The Hall–Kier alpha value is -3.16. The van der Waals surface area contributed by atoms with Crippen molar-refractivity contribution in [2.75, 3.05) is 31.8 Å². The van der Waals surface area contributed by atoms with Gasteiger partial charge >= 0.3 is 0 Å². The summed E-state index contributed by atoms with van der Waals surface area (Å²) < 4.78 is 6.80. The molecule has 0 aliphatic rings. The van der Waals surface area contributed by atoms with E-state index in [2.05, 4.69) is 20.1 Å². The summed E-state index contributed by atoms with van der Waals surface area (Å²) in [7, 11) is 7.16. The van der Waals surface area contributed by atoms with Crippen molar-refractivity contribution in [2.24, 2.45) is 12.0 Å². The van der Waals surface area contributed by atoms with Crippen LogP contribution in [0.1, 0.15) is 5.56 Å². The van der Waals surface area contributed by atoms with Gasteiger partial charge in [0.15, 0.2) is 11.5 Å². The fraction of sp³-hybridized carbons (Fsp3) is 0.250. The van der Waals surface area contributed by atoms with E-state index in [1.165, 1.54) is 0 Å². The Morgan fingerprint density at radius 1 is 1.21 bits per heavy atom. The first-order valence-electron chi connectivity index (χ1n) is 7.35. The molecule has 8 nitrogen and oxygen atoms in total. The summed E-state index contributed by atoms with van der Waals surface area (Å²) >= 11 is 0. The molecular weight excluding hydrogens is 306 g/mol. The van der Waals surface area contributed by atoms with Gasteiger partial charge in [0, 0.05) is 27.4 Å². The summed E-state index contributed by atoms with van der Waals surface area (Å²) in [6.07, 6.45) is 1.72. The van der Waals surface area contributed by atoms with Gasteiger partial charge in [-0.05, 0) is 29.8 Å². The molecule has 0 atom stereocenters. The van der Waals surface area contributed by atoms with Gasteiger partial charge < -0.3 is 15.4 Å². The number of aliphatic imine (C=N–C) groups is 1. The number of benzene rings is 1. The van der Waals surface area contributed by atoms with Gasteiger partial charge in [0.2, 0.25) is 5.95 Å². The van der Waals surface area contributed by atoms with Gasteiger partial charge in [0.1, 0.15) is 17.0 Å². The molecule has 0 saturated carbocycles. The van der Waals surface area contributed by atoms with Gasteiger partial charge in [0.05, 0.1) is 7.11 Å². The van der Waals surface area contributed by atoms with E-state index in [1.54, 1.807) is 30.0 Å². The maximum Gasteiger partial charge on any atom is 0.228 e. The van der Waals surface area contributed by atoms with Crippen LogP contribution in [-0.4, -0.2) is 47.2 Å². The fourth-order valence-corrected chi connectivity index (χ4v) is 2.26. The number of hydrogen-bond donors (Lipinski definition) is 1. The highest BCUT2D eigenvalue weighted by Crippen LogP contribution is 2.29. The summed E-state index contributed by atoms with van der Waals surface area (Å²) in [5, 5.41) is 5.04. The maximum absolute atomic E-state index is 6.09. The van der Waals surface area contributed by atoms with Crippen LogP contribution >= 0.6 is 0 Å². The quantitative estimate of drug-likeness (QED) is 0.735. The van der Waals surface area contributed by atoms with Crippen molar-refractivity contribution < 1.29 is 4.74 Å². The fourth-order valence-electron chi connectivity index (χ4n) is 2.26. The van der Waals surface area contributed by atoms with E-state index in [1.807, 2.05) is 38.4 Å². The first-order chi connectivity index (χ1) is 11.5. The van der Waals surface area contributed by atoms with E-state index < -0.39 is 0 Å². The Kier molecular flexibility index (Phi) is 4.03. The second kappa shape index (κ2) is 6.15. The zero-order valence-electron chi connectivity index (χ0n) is 14.1. The van der Waals surface area contributed by atoms with E-state index in [4.69, 9.17) is 10.5 Å². The lowest BCUT2D eigenvalue weighted by Gasteiger charge is -2.10. The molecule has 0 radical (unpaired) electrons. The molecule has 3 aromatic rings. The van der Waals surface area contributed by atoms with Crippen molar-refractivity contribution in [3.05, 3.63) is 29.8 Å². The maximum atomic E-state index is 6.09. The van der Waals surface area contributed by atoms with Crippen molar-refractivity contribution in [1.29, 1.82) is 0 Å². The average molecular weight is 325 g/mol. The topological polar surface area (TPSA) is 94.5 Å². The van der Waals surface area contributed by atoms with Crippen molar-refractivity contribution in [3.63, 3.8) is 0 Å². The van der Waals surface area contributed by atoms with E-state index in [0.29, 0.717) is 28.6 Å². The largest absolute Gasteiger partial charge is 0.497 e. The van der Waals surface area contributed by atoms with Crippen LogP contribution in [0.5, 0.6) is 5.75 Å². The second-order valence-electron chi connectivity index (χ2n) is 5.48. The van der Waals surface area contributed by atoms with Gasteiger partial charge in [-0.15, -0.1) is 0 Å². The van der Waals surface area contributed by atoms with Crippen LogP contribution in [0.2, 0.25) is 0 Å². The number of aromatic nitrogens is 4. The Balaban J connectivity index is 2.01. The lowest BCUT2D eigenvalue weighted by molar-refractivity contribution is 0.415. The van der Waals surface area contributed by atoms with Crippen LogP contribution < -0.4 is 15.4 Å². The Morgan fingerprint density at radius 2 is 1.92 bits per heavy atom. The second-order valence-corrected chi connectivity index (χ2v) is 5.48. The Morgan fingerprint density at radius 3 is 2.54 bits per heavy atom. The van der Waals surface area contributed by atoms with Gasteiger partial charge in [-0.2, -0.15) is 15.1 Å². The van der Waals surface area contributed by atoms with Crippen LogP contribution in [0.15, 0.2) is 29.3 Å². The van der Waals surface area contributed by atoms with E-state index in [-0.39, 0.29) is 0 Å². The molecule has 2 N–H and O–H groups in total. The van der Waals surface area contributed by atoms with E-state index >= 15 is 0 Å². The third kappa shape index (κ3) is 2.85. The summed E-state index contributed by atoms with van der Waals surface area (Å²) in [4.78, 5) is 15.0. The molecule has 124 valence electrons. The molecule has 1 aromatic carbocycles. The smallest absolute Gasteiger partial charge is 0.228 e. The molecule has 24 heavy (non-hydrogen) atoms. The minimum atomic E-state index is 0.360. The SMILES string of the molecule is COc1ccc(C=Nc2nn(C)c3nc(N(C)C)nc(N)c23)cc1. The summed E-state index contributed by atoms with van der Waals surface area (Å²) in [5.41, 5.74) is 7.67. The van der Waals surface area contributed by atoms with Gasteiger partial charge in [-0.25, -0.2) is 9.67 Å². The van der Waals surface area contributed by atoms with Crippen LogP contribution in [0.3, 0.4) is 0 Å². The third-order valence-electron chi connectivity index (χ3n) is 3.53. The highest BCUT2D eigenvalue weighted by Gasteiger charge is 2.15. The minimum absolute atomic E-state index is 0.360. The van der Waals surface area contributed by atoms with Crippen LogP contribution in [0.4, 0.5) is 17.6 Å². The lowest BCUT2D eigenvalue weighted by atomic mass is 10.2. The molecule has 0 fully saturated rings. The van der Waals surface area contributed by atoms with Crippen molar-refractivity contribution >= 4 is 34.8 Å². The number of rotatable bonds is 4. The first-order valence-corrected chi connectivity index (χ1v) is 7.35. The van der Waals surface area contributed by atoms with E-state index in [9.17, 15) is 0 Å². The van der Waals surface area contributed by atoms with Gasteiger partial charge in [-0.3, -0.25) is 0 Å². The first kappa shape index (κ1) is 15.7.